The van der Waals surface area contributed by atoms with Crippen LogP contribution in [0.25, 0.3) is 0 Å². The fraction of sp³-hybridized carbons (Fsp3) is 0.125. The second kappa shape index (κ2) is 4.24. The van der Waals surface area contributed by atoms with Crippen LogP contribution in [0.2, 0.25) is 0 Å². The number of hydrogen-bond acceptors (Lipinski definition) is 3. The molecule has 3 nitrogen and oxygen atoms in total. The standard InChI is InChI=1S/C8H3BrF2N2O/c9-6-4(3-14)2-13-7(8(10)11)5(6)1-12/h2-3,8H. The van der Waals surface area contributed by atoms with E-state index in [-0.39, 0.29) is 15.6 Å². The summed E-state index contributed by atoms with van der Waals surface area (Å²) in [6.45, 7) is 0. The highest BCUT2D eigenvalue weighted by atomic mass is 79.9. The van der Waals surface area contributed by atoms with Gasteiger partial charge in [-0.05, 0) is 15.9 Å². The van der Waals surface area contributed by atoms with E-state index in [1.54, 1.807) is 6.07 Å². The third kappa shape index (κ3) is 1.77. The lowest BCUT2D eigenvalue weighted by Gasteiger charge is -2.04. The maximum absolute atomic E-state index is 12.3. The Hall–Kier alpha value is -1.35. The molecule has 1 aromatic rings. The molecule has 1 rings (SSSR count). The van der Waals surface area contributed by atoms with Gasteiger partial charge >= 0.3 is 0 Å². The largest absolute Gasteiger partial charge is 0.298 e. The Kier molecular flexibility index (Phi) is 3.25. The minimum absolute atomic E-state index is 0.0558. The first-order valence-corrected chi connectivity index (χ1v) is 4.23. The molecule has 6 heteroatoms. The summed E-state index contributed by atoms with van der Waals surface area (Å²) >= 11 is 2.89. The molecule has 0 fully saturated rings. The minimum Gasteiger partial charge on any atom is -0.298 e. The number of hydrogen-bond donors (Lipinski definition) is 0. The normalized spacial score (nSPS) is 9.93. The van der Waals surface area contributed by atoms with Gasteiger partial charge in [-0.1, -0.05) is 0 Å². The summed E-state index contributed by atoms with van der Waals surface area (Å²) in [6, 6.07) is 1.57. The molecule has 72 valence electrons. The average Bonchev–Trinajstić information content (AvgIpc) is 2.17. The molecule has 1 heterocycles. The topological polar surface area (TPSA) is 53.8 Å². The van der Waals surface area contributed by atoms with Crippen molar-refractivity contribution in [2.75, 3.05) is 0 Å². The van der Waals surface area contributed by atoms with Crippen LogP contribution in [0.5, 0.6) is 0 Å². The number of carbonyl (C=O) groups is 1. The van der Waals surface area contributed by atoms with Gasteiger partial charge in [0.05, 0.1) is 5.56 Å². The maximum atomic E-state index is 12.3. The van der Waals surface area contributed by atoms with Crippen LogP contribution in [0.15, 0.2) is 10.7 Å². The van der Waals surface area contributed by atoms with Crippen molar-refractivity contribution < 1.29 is 13.6 Å². The van der Waals surface area contributed by atoms with Crippen molar-refractivity contribution in [3.63, 3.8) is 0 Å². The van der Waals surface area contributed by atoms with Gasteiger partial charge in [-0.15, -0.1) is 0 Å². The van der Waals surface area contributed by atoms with Crippen LogP contribution in [-0.4, -0.2) is 11.3 Å². The Labute approximate surface area is 86.5 Å². The first-order chi connectivity index (χ1) is 6.61. The highest BCUT2D eigenvalue weighted by molar-refractivity contribution is 9.10. The second-order valence-electron chi connectivity index (χ2n) is 2.32. The SMILES string of the molecule is N#Cc1c(C(F)F)ncc(C=O)c1Br. The summed E-state index contributed by atoms with van der Waals surface area (Å²) < 4.78 is 24.7. The molecule has 0 radical (unpaired) electrons. The van der Waals surface area contributed by atoms with E-state index in [0.717, 1.165) is 6.20 Å². The molecule has 0 N–H and O–H groups in total. The molecule has 14 heavy (non-hydrogen) atoms. The van der Waals surface area contributed by atoms with E-state index in [1.807, 2.05) is 0 Å². The van der Waals surface area contributed by atoms with Crippen molar-refractivity contribution in [1.29, 1.82) is 5.26 Å². The number of aromatic nitrogens is 1. The molecule has 0 amide bonds. The maximum Gasteiger partial charge on any atom is 0.281 e. The number of alkyl halides is 2. The van der Waals surface area contributed by atoms with Crippen molar-refractivity contribution >= 4 is 22.2 Å². The van der Waals surface area contributed by atoms with Crippen LogP contribution in [0, 0.1) is 11.3 Å². The van der Waals surface area contributed by atoms with E-state index in [9.17, 15) is 13.6 Å². The van der Waals surface area contributed by atoms with Crippen molar-refractivity contribution in [2.45, 2.75) is 6.43 Å². The smallest absolute Gasteiger partial charge is 0.281 e. The van der Waals surface area contributed by atoms with Crippen molar-refractivity contribution in [3.8, 4) is 6.07 Å². The van der Waals surface area contributed by atoms with Gasteiger partial charge in [0.25, 0.3) is 6.43 Å². The van der Waals surface area contributed by atoms with E-state index < -0.39 is 12.1 Å². The molecular formula is C8H3BrF2N2O. The lowest BCUT2D eigenvalue weighted by Crippen LogP contribution is -1.99. The Balaban J connectivity index is 3.45. The molecule has 0 saturated heterocycles. The molecule has 0 aliphatic heterocycles. The first-order valence-electron chi connectivity index (χ1n) is 3.43. The summed E-state index contributed by atoms with van der Waals surface area (Å²) in [4.78, 5) is 13.8. The second-order valence-corrected chi connectivity index (χ2v) is 3.11. The Morgan fingerprint density at radius 1 is 1.64 bits per heavy atom. The summed E-state index contributed by atoms with van der Waals surface area (Å²) in [5, 5.41) is 8.60. The predicted molar refractivity (Wildman–Crippen MR) is 47.0 cm³/mol. The first kappa shape index (κ1) is 10.7. The number of halogens is 3. The highest BCUT2D eigenvalue weighted by Crippen LogP contribution is 2.27. The van der Waals surface area contributed by atoms with Gasteiger partial charge in [-0.2, -0.15) is 5.26 Å². The molecule has 0 bridgehead atoms. The van der Waals surface area contributed by atoms with Crippen molar-refractivity contribution in [3.05, 3.63) is 27.5 Å². The zero-order chi connectivity index (χ0) is 10.7. The molecule has 0 aliphatic carbocycles. The lowest BCUT2D eigenvalue weighted by atomic mass is 10.1. The van der Waals surface area contributed by atoms with Crippen molar-refractivity contribution in [1.82, 2.24) is 4.98 Å². The van der Waals surface area contributed by atoms with Crippen LogP contribution < -0.4 is 0 Å². The van der Waals surface area contributed by atoms with Crippen molar-refractivity contribution in [2.24, 2.45) is 0 Å². The molecule has 0 aliphatic rings. The van der Waals surface area contributed by atoms with E-state index in [2.05, 4.69) is 20.9 Å². The molecule has 0 unspecified atom stereocenters. The number of nitrogens with zero attached hydrogens (tertiary/aromatic N) is 2. The van der Waals surface area contributed by atoms with Gasteiger partial charge in [-0.25, -0.2) is 8.78 Å². The lowest BCUT2D eigenvalue weighted by molar-refractivity contribution is 0.112. The molecule has 0 saturated carbocycles. The van der Waals surface area contributed by atoms with Crippen LogP contribution in [0.4, 0.5) is 8.78 Å². The summed E-state index contributed by atoms with van der Waals surface area (Å²) in [6.07, 6.45) is -1.39. The Bertz CT molecular complexity index is 415. The quantitative estimate of drug-likeness (QED) is 0.768. The number of carbonyl (C=O) groups excluding carboxylic acids is 1. The van der Waals surface area contributed by atoms with Gasteiger partial charge in [0.1, 0.15) is 11.8 Å². The number of nitriles is 1. The van der Waals surface area contributed by atoms with Crippen LogP contribution in [0.3, 0.4) is 0 Å². The monoisotopic (exact) mass is 260 g/mol. The summed E-state index contributed by atoms with van der Waals surface area (Å²) in [7, 11) is 0. The Morgan fingerprint density at radius 2 is 2.29 bits per heavy atom. The number of rotatable bonds is 2. The minimum atomic E-state index is -2.83. The Morgan fingerprint density at radius 3 is 2.71 bits per heavy atom. The van der Waals surface area contributed by atoms with Gasteiger partial charge < -0.3 is 0 Å². The van der Waals surface area contributed by atoms with Gasteiger partial charge in [0.2, 0.25) is 0 Å². The van der Waals surface area contributed by atoms with Crippen LogP contribution >= 0.6 is 15.9 Å². The molecule has 0 aromatic carbocycles. The number of pyridine rings is 1. The van der Waals surface area contributed by atoms with Gasteiger partial charge in [0, 0.05) is 16.2 Å². The van der Waals surface area contributed by atoms with E-state index in [4.69, 9.17) is 5.26 Å². The van der Waals surface area contributed by atoms with Crippen LogP contribution in [-0.2, 0) is 0 Å². The zero-order valence-corrected chi connectivity index (χ0v) is 8.25. The zero-order valence-electron chi connectivity index (χ0n) is 6.67. The highest BCUT2D eigenvalue weighted by Gasteiger charge is 2.19. The molecule has 1 aromatic heterocycles. The van der Waals surface area contributed by atoms with Gasteiger partial charge in [-0.3, -0.25) is 9.78 Å². The molecule has 0 spiro atoms. The fourth-order valence-electron chi connectivity index (χ4n) is 0.871. The van der Waals surface area contributed by atoms with Gasteiger partial charge in [0.15, 0.2) is 6.29 Å². The average molecular weight is 261 g/mol. The summed E-state index contributed by atoms with van der Waals surface area (Å²) in [5.41, 5.74) is -0.847. The van der Waals surface area contributed by atoms with E-state index in [1.165, 1.54) is 0 Å². The molecule has 0 atom stereocenters. The van der Waals surface area contributed by atoms with E-state index >= 15 is 0 Å². The third-order valence-corrected chi connectivity index (χ3v) is 2.37. The third-order valence-electron chi connectivity index (χ3n) is 1.52. The van der Waals surface area contributed by atoms with Crippen LogP contribution in [0.1, 0.15) is 28.0 Å². The molecular weight excluding hydrogens is 258 g/mol. The fourth-order valence-corrected chi connectivity index (χ4v) is 1.36. The van der Waals surface area contributed by atoms with E-state index in [0.29, 0.717) is 6.29 Å². The predicted octanol–water partition coefficient (Wildman–Crippen LogP) is 2.47. The summed E-state index contributed by atoms with van der Waals surface area (Å²) in [5.74, 6) is 0. The number of aldehydes is 1.